The number of hydrogen-bond donors (Lipinski definition) is 3. The van der Waals surface area contributed by atoms with E-state index in [4.69, 9.17) is 0 Å². The van der Waals surface area contributed by atoms with Gasteiger partial charge in [-0.15, -0.1) is 0 Å². The van der Waals surface area contributed by atoms with Crippen molar-refractivity contribution in [2.45, 2.75) is 45.1 Å². The molecule has 0 spiro atoms. The fraction of sp³-hybridized carbons (Fsp3) is 0.733. The highest BCUT2D eigenvalue weighted by atomic mass is 127. The van der Waals surface area contributed by atoms with Crippen molar-refractivity contribution < 1.29 is 19.2 Å². The molecule has 1 atom stereocenters. The van der Waals surface area contributed by atoms with Gasteiger partial charge in [0.05, 0.1) is 8.86 Å². The summed E-state index contributed by atoms with van der Waals surface area (Å²) in [4.78, 5) is 46.1. The van der Waals surface area contributed by atoms with Crippen molar-refractivity contribution in [2.24, 2.45) is 0 Å². The van der Waals surface area contributed by atoms with Gasteiger partial charge in [0.2, 0.25) is 17.7 Å². The van der Waals surface area contributed by atoms with Crippen molar-refractivity contribution in [1.82, 2.24) is 16.0 Å². The summed E-state index contributed by atoms with van der Waals surface area (Å²) in [6, 6.07) is -0.620. The number of carbonyl (C=O) groups is 4. The van der Waals surface area contributed by atoms with Crippen LogP contribution in [0.15, 0.2) is 0 Å². The van der Waals surface area contributed by atoms with Crippen LogP contribution in [0.3, 0.4) is 0 Å². The summed E-state index contributed by atoms with van der Waals surface area (Å²) in [5, 5.41) is 8.18. The molecule has 0 heterocycles. The molecule has 1 unspecified atom stereocenters. The number of alkyl halides is 2. The molecule has 0 aromatic rings. The lowest BCUT2D eigenvalue weighted by atomic mass is 10.1. The Hall–Kier alpha value is -0.460. The smallest absolute Gasteiger partial charge is 0.242 e. The molecule has 0 aliphatic carbocycles. The van der Waals surface area contributed by atoms with E-state index in [9.17, 15) is 19.2 Å². The fourth-order valence-corrected chi connectivity index (χ4v) is 2.37. The van der Waals surface area contributed by atoms with Gasteiger partial charge in [-0.1, -0.05) is 52.1 Å². The minimum absolute atomic E-state index is 0.0477. The SMILES string of the molecule is CCC(=O)CCCNC(=O)C(CCCNC(=O)CI)NC(=O)CI. The van der Waals surface area contributed by atoms with Gasteiger partial charge in [0.15, 0.2) is 0 Å². The second-order valence-electron chi connectivity index (χ2n) is 5.17. The minimum atomic E-state index is -0.620. The van der Waals surface area contributed by atoms with E-state index in [1.807, 2.05) is 52.1 Å². The third-order valence-electron chi connectivity index (χ3n) is 3.21. The fourth-order valence-electron chi connectivity index (χ4n) is 1.88. The van der Waals surface area contributed by atoms with E-state index >= 15 is 0 Å². The first-order valence-corrected chi connectivity index (χ1v) is 11.0. The van der Waals surface area contributed by atoms with Crippen LogP contribution in [-0.4, -0.2) is 51.5 Å². The molecule has 0 aromatic carbocycles. The molecule has 0 aliphatic rings. The monoisotopic (exact) mass is 565 g/mol. The highest BCUT2D eigenvalue weighted by molar-refractivity contribution is 14.1. The van der Waals surface area contributed by atoms with Crippen LogP contribution in [0.25, 0.3) is 0 Å². The topological polar surface area (TPSA) is 104 Å². The number of ketones is 1. The minimum Gasteiger partial charge on any atom is -0.355 e. The van der Waals surface area contributed by atoms with Gasteiger partial charge < -0.3 is 16.0 Å². The zero-order valence-corrected chi connectivity index (χ0v) is 18.1. The van der Waals surface area contributed by atoms with Crippen molar-refractivity contribution in [1.29, 1.82) is 0 Å². The molecule has 9 heteroatoms. The van der Waals surface area contributed by atoms with E-state index in [0.717, 1.165) is 0 Å². The van der Waals surface area contributed by atoms with Gasteiger partial charge in [0.1, 0.15) is 11.8 Å². The Morgan fingerprint density at radius 1 is 0.917 bits per heavy atom. The molecular formula is C15H25I2N3O4. The molecule has 3 N–H and O–H groups in total. The summed E-state index contributed by atoms with van der Waals surface area (Å²) >= 11 is 3.91. The Bertz CT molecular complexity index is 433. The number of carbonyl (C=O) groups excluding carboxylic acids is 4. The maximum absolute atomic E-state index is 12.2. The third kappa shape index (κ3) is 12.0. The first kappa shape index (κ1) is 23.5. The lowest BCUT2D eigenvalue weighted by molar-refractivity contribution is -0.128. The van der Waals surface area contributed by atoms with Gasteiger partial charge in [-0.25, -0.2) is 0 Å². The zero-order valence-electron chi connectivity index (χ0n) is 13.8. The predicted molar refractivity (Wildman–Crippen MR) is 109 cm³/mol. The normalized spacial score (nSPS) is 11.5. The van der Waals surface area contributed by atoms with E-state index in [1.54, 1.807) is 0 Å². The summed E-state index contributed by atoms with van der Waals surface area (Å²) in [5.41, 5.74) is 0. The molecule has 0 aromatic heterocycles. The largest absolute Gasteiger partial charge is 0.355 e. The maximum Gasteiger partial charge on any atom is 0.242 e. The van der Waals surface area contributed by atoms with Crippen molar-refractivity contribution in [3.05, 3.63) is 0 Å². The number of hydrogen-bond acceptors (Lipinski definition) is 4. The predicted octanol–water partition coefficient (Wildman–Crippen LogP) is 1.11. The molecule has 3 amide bonds. The second-order valence-corrected chi connectivity index (χ2v) is 6.69. The van der Waals surface area contributed by atoms with Gasteiger partial charge >= 0.3 is 0 Å². The zero-order chi connectivity index (χ0) is 18.4. The van der Waals surface area contributed by atoms with E-state index in [-0.39, 0.29) is 27.9 Å². The molecule has 24 heavy (non-hydrogen) atoms. The molecule has 138 valence electrons. The Morgan fingerprint density at radius 2 is 1.54 bits per heavy atom. The van der Waals surface area contributed by atoms with Crippen LogP contribution in [0.1, 0.15) is 39.0 Å². The van der Waals surface area contributed by atoms with E-state index in [0.29, 0.717) is 49.6 Å². The number of halogens is 2. The Kier molecular flexibility index (Phi) is 14.6. The van der Waals surface area contributed by atoms with Gasteiger partial charge in [-0.2, -0.15) is 0 Å². The van der Waals surface area contributed by atoms with Crippen LogP contribution in [0.4, 0.5) is 0 Å². The first-order chi connectivity index (χ1) is 11.4. The summed E-state index contributed by atoms with van der Waals surface area (Å²) in [7, 11) is 0. The standard InChI is InChI=1S/C15H25I2N3O4/c1-2-11(21)5-3-8-19-15(24)12(20-14(23)10-17)6-4-7-18-13(22)9-16/h12H,2-10H2,1H3,(H,18,22)(H,19,24)(H,20,23). The molecular weight excluding hydrogens is 540 g/mol. The summed E-state index contributed by atoms with van der Waals surface area (Å²) < 4.78 is 0.668. The van der Waals surface area contributed by atoms with E-state index in [1.165, 1.54) is 0 Å². The number of Topliss-reactive ketones (excluding diaryl/α,β-unsaturated/α-hetero) is 1. The van der Waals surface area contributed by atoms with Crippen LogP contribution < -0.4 is 16.0 Å². The summed E-state index contributed by atoms with van der Waals surface area (Å²) in [6.07, 6.45) is 2.59. The van der Waals surface area contributed by atoms with Crippen LogP contribution in [0.5, 0.6) is 0 Å². The van der Waals surface area contributed by atoms with Gasteiger partial charge in [0, 0.05) is 25.9 Å². The lowest BCUT2D eigenvalue weighted by Crippen LogP contribution is -2.47. The number of nitrogens with one attached hydrogen (secondary N) is 3. The Morgan fingerprint density at radius 3 is 2.12 bits per heavy atom. The highest BCUT2D eigenvalue weighted by Crippen LogP contribution is 2.00. The van der Waals surface area contributed by atoms with Crippen molar-refractivity contribution in [2.75, 3.05) is 21.9 Å². The molecule has 0 rings (SSSR count). The molecule has 0 saturated carbocycles. The Balaban J connectivity index is 4.26. The van der Waals surface area contributed by atoms with Crippen molar-refractivity contribution in [3.8, 4) is 0 Å². The first-order valence-electron chi connectivity index (χ1n) is 7.92. The van der Waals surface area contributed by atoms with Gasteiger partial charge in [-0.05, 0) is 19.3 Å². The quantitative estimate of drug-likeness (QED) is 0.177. The number of amides is 3. The molecule has 0 radical (unpaired) electrons. The maximum atomic E-state index is 12.2. The molecule has 0 fully saturated rings. The van der Waals surface area contributed by atoms with Crippen LogP contribution in [0.2, 0.25) is 0 Å². The summed E-state index contributed by atoms with van der Waals surface area (Å²) in [6.45, 7) is 2.69. The molecule has 0 aliphatic heterocycles. The molecule has 0 saturated heterocycles. The van der Waals surface area contributed by atoms with Crippen molar-refractivity contribution >= 4 is 68.7 Å². The van der Waals surface area contributed by atoms with E-state index in [2.05, 4.69) is 16.0 Å². The van der Waals surface area contributed by atoms with Crippen LogP contribution in [-0.2, 0) is 19.2 Å². The van der Waals surface area contributed by atoms with Crippen LogP contribution in [0, 0.1) is 0 Å². The average Bonchev–Trinajstić information content (AvgIpc) is 2.59. The summed E-state index contributed by atoms with van der Waals surface area (Å²) in [5.74, 6) is -0.330. The molecule has 0 bridgehead atoms. The average molecular weight is 565 g/mol. The third-order valence-corrected chi connectivity index (χ3v) is 4.60. The van der Waals surface area contributed by atoms with Gasteiger partial charge in [0.25, 0.3) is 0 Å². The van der Waals surface area contributed by atoms with Crippen LogP contribution >= 0.6 is 45.2 Å². The number of rotatable bonds is 13. The second kappa shape index (κ2) is 14.8. The van der Waals surface area contributed by atoms with Crippen molar-refractivity contribution in [3.63, 3.8) is 0 Å². The van der Waals surface area contributed by atoms with E-state index < -0.39 is 6.04 Å². The lowest BCUT2D eigenvalue weighted by Gasteiger charge is -2.18. The Labute approximate surface area is 170 Å². The highest BCUT2D eigenvalue weighted by Gasteiger charge is 2.19. The van der Waals surface area contributed by atoms with Gasteiger partial charge in [-0.3, -0.25) is 19.2 Å². The molecule has 7 nitrogen and oxygen atoms in total.